The molecular weight excluding hydrogens is 376 g/mol. The molecule has 4 aromatic rings. The number of nitrogens with one attached hydrogen (secondary N) is 1. The summed E-state index contributed by atoms with van der Waals surface area (Å²) in [6.07, 6.45) is 0.989. The molecule has 0 aliphatic carbocycles. The van der Waals surface area contributed by atoms with E-state index >= 15 is 0 Å². The van der Waals surface area contributed by atoms with Gasteiger partial charge in [0.1, 0.15) is 11.6 Å². The molecule has 4 rings (SSSR count). The van der Waals surface area contributed by atoms with Crippen LogP contribution in [0.5, 0.6) is 5.75 Å². The second kappa shape index (κ2) is 8.78. The molecular formula is C24H24N4O2. The molecule has 0 bridgehead atoms. The normalized spacial score (nSPS) is 10.9. The molecule has 0 fully saturated rings. The molecule has 1 amide bonds. The molecule has 2 aromatic heterocycles. The van der Waals surface area contributed by atoms with Crippen LogP contribution in [0.4, 0.5) is 5.82 Å². The Morgan fingerprint density at radius 2 is 1.83 bits per heavy atom. The average Bonchev–Trinajstić information content (AvgIpc) is 3.12. The van der Waals surface area contributed by atoms with Crippen LogP contribution in [-0.4, -0.2) is 27.3 Å². The predicted molar refractivity (Wildman–Crippen MR) is 118 cm³/mol. The molecule has 2 aromatic carbocycles. The monoisotopic (exact) mass is 400 g/mol. The zero-order chi connectivity index (χ0) is 20.9. The van der Waals surface area contributed by atoms with Crippen molar-refractivity contribution in [3.63, 3.8) is 0 Å². The molecule has 0 unspecified atom stereocenters. The van der Waals surface area contributed by atoms with Gasteiger partial charge in [0.2, 0.25) is 5.91 Å². The van der Waals surface area contributed by atoms with E-state index in [1.165, 1.54) is 0 Å². The van der Waals surface area contributed by atoms with Crippen molar-refractivity contribution < 1.29 is 9.53 Å². The SMILES string of the molecule is Cc1cc(NC(=O)CCCOc2ccccc2C)n(-c2ccc3ccccc3n2)n1. The maximum Gasteiger partial charge on any atom is 0.225 e. The minimum Gasteiger partial charge on any atom is -0.493 e. The van der Waals surface area contributed by atoms with E-state index in [2.05, 4.69) is 15.4 Å². The van der Waals surface area contributed by atoms with E-state index in [4.69, 9.17) is 4.74 Å². The molecule has 30 heavy (non-hydrogen) atoms. The van der Waals surface area contributed by atoms with E-state index in [-0.39, 0.29) is 5.91 Å². The fraction of sp³-hybridized carbons (Fsp3) is 0.208. The number of anilines is 1. The number of amides is 1. The van der Waals surface area contributed by atoms with Gasteiger partial charge >= 0.3 is 0 Å². The molecule has 0 saturated carbocycles. The first kappa shape index (κ1) is 19.6. The first-order valence-electron chi connectivity index (χ1n) is 10.0. The summed E-state index contributed by atoms with van der Waals surface area (Å²) in [5.41, 5.74) is 2.78. The van der Waals surface area contributed by atoms with Crippen LogP contribution in [-0.2, 0) is 4.79 Å². The van der Waals surface area contributed by atoms with E-state index in [9.17, 15) is 4.79 Å². The lowest BCUT2D eigenvalue weighted by atomic mass is 10.2. The van der Waals surface area contributed by atoms with Gasteiger partial charge in [-0.3, -0.25) is 4.79 Å². The van der Waals surface area contributed by atoms with E-state index < -0.39 is 0 Å². The van der Waals surface area contributed by atoms with Crippen LogP contribution in [0.15, 0.2) is 66.7 Å². The van der Waals surface area contributed by atoms with E-state index in [1.807, 2.05) is 80.6 Å². The summed E-state index contributed by atoms with van der Waals surface area (Å²) in [6.45, 7) is 4.39. The third-order valence-corrected chi connectivity index (χ3v) is 4.80. The number of para-hydroxylation sites is 2. The zero-order valence-electron chi connectivity index (χ0n) is 17.1. The summed E-state index contributed by atoms with van der Waals surface area (Å²) in [4.78, 5) is 17.1. The summed E-state index contributed by atoms with van der Waals surface area (Å²) >= 11 is 0. The zero-order valence-corrected chi connectivity index (χ0v) is 17.1. The number of aryl methyl sites for hydroxylation is 2. The van der Waals surface area contributed by atoms with Crippen molar-refractivity contribution in [1.82, 2.24) is 14.8 Å². The molecule has 152 valence electrons. The lowest BCUT2D eigenvalue weighted by molar-refractivity contribution is -0.116. The van der Waals surface area contributed by atoms with Gasteiger partial charge in [-0.1, -0.05) is 36.4 Å². The van der Waals surface area contributed by atoms with Crippen molar-refractivity contribution in [2.24, 2.45) is 0 Å². The van der Waals surface area contributed by atoms with Crippen molar-refractivity contribution in [2.75, 3.05) is 11.9 Å². The molecule has 0 radical (unpaired) electrons. The fourth-order valence-electron chi connectivity index (χ4n) is 3.27. The predicted octanol–water partition coefficient (Wildman–Crippen LogP) is 4.84. The molecule has 6 nitrogen and oxygen atoms in total. The summed E-state index contributed by atoms with van der Waals surface area (Å²) in [6, 6.07) is 21.5. The van der Waals surface area contributed by atoms with Crippen LogP contribution in [0, 0.1) is 13.8 Å². The van der Waals surface area contributed by atoms with Gasteiger partial charge in [0.05, 0.1) is 17.8 Å². The number of hydrogen-bond acceptors (Lipinski definition) is 4. The second-order valence-electron chi connectivity index (χ2n) is 7.21. The first-order chi connectivity index (χ1) is 14.6. The quantitative estimate of drug-likeness (QED) is 0.451. The van der Waals surface area contributed by atoms with Gasteiger partial charge in [0.25, 0.3) is 0 Å². The van der Waals surface area contributed by atoms with E-state index in [0.717, 1.165) is 27.9 Å². The molecule has 0 saturated heterocycles. The fourth-order valence-corrected chi connectivity index (χ4v) is 3.27. The number of rotatable bonds is 7. The number of carbonyl (C=O) groups is 1. The van der Waals surface area contributed by atoms with Crippen molar-refractivity contribution in [3.8, 4) is 11.6 Å². The van der Waals surface area contributed by atoms with Gasteiger partial charge in [0, 0.05) is 17.9 Å². The van der Waals surface area contributed by atoms with Gasteiger partial charge < -0.3 is 10.1 Å². The second-order valence-corrected chi connectivity index (χ2v) is 7.21. The third-order valence-electron chi connectivity index (χ3n) is 4.80. The van der Waals surface area contributed by atoms with Crippen LogP contribution >= 0.6 is 0 Å². The Balaban J connectivity index is 1.39. The topological polar surface area (TPSA) is 69.0 Å². The Morgan fingerprint density at radius 1 is 1.03 bits per heavy atom. The minimum atomic E-state index is -0.0784. The van der Waals surface area contributed by atoms with E-state index in [0.29, 0.717) is 31.1 Å². The molecule has 0 spiro atoms. The standard InChI is InChI=1S/C24H24N4O2/c1-17-8-3-6-11-21(17)30-15-7-12-24(29)26-23-16-18(2)27-28(23)22-14-13-19-9-4-5-10-20(19)25-22/h3-6,8-11,13-14,16H,7,12,15H2,1-2H3,(H,26,29). The van der Waals surface area contributed by atoms with Gasteiger partial charge in [0.15, 0.2) is 5.82 Å². The number of nitrogens with zero attached hydrogens (tertiary/aromatic N) is 3. The highest BCUT2D eigenvalue weighted by Crippen LogP contribution is 2.20. The number of fused-ring (bicyclic) bond motifs is 1. The lowest BCUT2D eigenvalue weighted by Gasteiger charge is -2.10. The summed E-state index contributed by atoms with van der Waals surface area (Å²) < 4.78 is 7.44. The minimum absolute atomic E-state index is 0.0784. The van der Waals surface area contributed by atoms with Gasteiger partial charge in [-0.15, -0.1) is 0 Å². The number of carbonyl (C=O) groups excluding carboxylic acids is 1. The maximum atomic E-state index is 12.5. The highest BCUT2D eigenvalue weighted by atomic mass is 16.5. The Hall–Kier alpha value is -3.67. The molecule has 6 heteroatoms. The Labute approximate surface area is 175 Å². The van der Waals surface area contributed by atoms with Gasteiger partial charge in [-0.05, 0) is 50.1 Å². The highest BCUT2D eigenvalue weighted by molar-refractivity contribution is 5.90. The van der Waals surface area contributed by atoms with Crippen molar-refractivity contribution >= 4 is 22.6 Å². The van der Waals surface area contributed by atoms with Crippen molar-refractivity contribution in [1.29, 1.82) is 0 Å². The maximum absolute atomic E-state index is 12.5. The number of ether oxygens (including phenoxy) is 1. The number of aromatic nitrogens is 3. The summed E-state index contributed by atoms with van der Waals surface area (Å²) in [7, 11) is 0. The smallest absolute Gasteiger partial charge is 0.225 e. The number of pyridine rings is 1. The molecule has 0 aliphatic heterocycles. The van der Waals surface area contributed by atoms with Crippen LogP contribution in [0.2, 0.25) is 0 Å². The Morgan fingerprint density at radius 3 is 2.70 bits per heavy atom. The summed E-state index contributed by atoms with van der Waals surface area (Å²) in [5, 5.41) is 8.51. The van der Waals surface area contributed by atoms with Crippen LogP contribution in [0.25, 0.3) is 16.7 Å². The van der Waals surface area contributed by atoms with Gasteiger partial charge in [-0.2, -0.15) is 9.78 Å². The highest BCUT2D eigenvalue weighted by Gasteiger charge is 2.12. The largest absolute Gasteiger partial charge is 0.493 e. The Bertz CT molecular complexity index is 1180. The van der Waals surface area contributed by atoms with Crippen LogP contribution in [0.1, 0.15) is 24.1 Å². The number of hydrogen-bond donors (Lipinski definition) is 1. The van der Waals surface area contributed by atoms with Crippen LogP contribution in [0.3, 0.4) is 0 Å². The lowest BCUT2D eigenvalue weighted by Crippen LogP contribution is -2.16. The molecule has 0 aliphatic rings. The average molecular weight is 400 g/mol. The van der Waals surface area contributed by atoms with E-state index in [1.54, 1.807) is 4.68 Å². The molecule has 2 heterocycles. The molecule has 1 N–H and O–H groups in total. The third kappa shape index (κ3) is 4.49. The van der Waals surface area contributed by atoms with Crippen molar-refractivity contribution in [3.05, 3.63) is 78.0 Å². The van der Waals surface area contributed by atoms with Crippen molar-refractivity contribution in [2.45, 2.75) is 26.7 Å². The van der Waals surface area contributed by atoms with Gasteiger partial charge in [-0.25, -0.2) is 4.98 Å². The molecule has 0 atom stereocenters. The summed E-state index contributed by atoms with van der Waals surface area (Å²) in [5.74, 6) is 2.06. The first-order valence-corrected chi connectivity index (χ1v) is 10.0. The Kier molecular flexibility index (Phi) is 5.75. The van der Waals surface area contributed by atoms with Crippen LogP contribution < -0.4 is 10.1 Å². The number of benzene rings is 2.